The second-order valence-corrected chi connectivity index (χ2v) is 5.90. The summed E-state index contributed by atoms with van der Waals surface area (Å²) in [6.45, 7) is 0. The van der Waals surface area contributed by atoms with Crippen LogP contribution >= 0.6 is 15.9 Å². The third-order valence-electron chi connectivity index (χ3n) is 3.63. The van der Waals surface area contributed by atoms with E-state index in [4.69, 9.17) is 11.6 Å². The first-order valence-corrected chi connectivity index (χ1v) is 7.48. The second kappa shape index (κ2) is 5.85. The van der Waals surface area contributed by atoms with Gasteiger partial charge in [-0.05, 0) is 46.2 Å². The molecule has 21 heavy (non-hydrogen) atoms. The topological polar surface area (TPSA) is 64.1 Å². The summed E-state index contributed by atoms with van der Waals surface area (Å²) in [5.74, 6) is 5.78. The molecule has 0 heterocycles. The fourth-order valence-corrected chi connectivity index (χ4v) is 2.93. The van der Waals surface area contributed by atoms with E-state index in [1.165, 1.54) is 10.8 Å². The first-order valence-electron chi connectivity index (χ1n) is 6.69. The highest BCUT2D eigenvalue weighted by atomic mass is 79.9. The number of anilines is 1. The number of hydrogen-bond donors (Lipinski definition) is 3. The zero-order valence-electron chi connectivity index (χ0n) is 11.4. The first-order chi connectivity index (χ1) is 10.2. The summed E-state index contributed by atoms with van der Waals surface area (Å²) < 4.78 is 0.979. The van der Waals surface area contributed by atoms with Crippen molar-refractivity contribution in [1.82, 2.24) is 5.43 Å². The minimum Gasteiger partial charge on any atom is -0.398 e. The lowest BCUT2D eigenvalue weighted by Crippen LogP contribution is -2.29. The van der Waals surface area contributed by atoms with Crippen LogP contribution in [0.25, 0.3) is 10.8 Å². The van der Waals surface area contributed by atoms with Gasteiger partial charge in [0.15, 0.2) is 0 Å². The van der Waals surface area contributed by atoms with Gasteiger partial charge in [0, 0.05) is 10.2 Å². The molecule has 0 aliphatic carbocycles. The molecule has 4 heteroatoms. The van der Waals surface area contributed by atoms with Gasteiger partial charge >= 0.3 is 0 Å². The van der Waals surface area contributed by atoms with E-state index in [0.717, 1.165) is 15.6 Å². The van der Waals surface area contributed by atoms with Gasteiger partial charge in [-0.2, -0.15) is 0 Å². The van der Waals surface area contributed by atoms with Gasteiger partial charge in [-0.1, -0.05) is 52.3 Å². The van der Waals surface area contributed by atoms with Crippen molar-refractivity contribution in [3.63, 3.8) is 0 Å². The van der Waals surface area contributed by atoms with E-state index in [1.807, 2.05) is 30.3 Å². The fourth-order valence-electron chi connectivity index (χ4n) is 2.55. The Morgan fingerprint density at radius 3 is 2.43 bits per heavy atom. The van der Waals surface area contributed by atoms with Crippen molar-refractivity contribution in [2.75, 3.05) is 5.73 Å². The maximum Gasteiger partial charge on any atom is 0.0730 e. The van der Waals surface area contributed by atoms with Crippen molar-refractivity contribution in [1.29, 1.82) is 0 Å². The number of benzene rings is 3. The molecule has 5 N–H and O–H groups in total. The molecular weight excluding hydrogens is 326 g/mol. The highest BCUT2D eigenvalue weighted by Gasteiger charge is 2.16. The Morgan fingerprint density at radius 2 is 1.67 bits per heavy atom. The Balaban J connectivity index is 2.11. The van der Waals surface area contributed by atoms with Crippen LogP contribution in [-0.4, -0.2) is 0 Å². The van der Waals surface area contributed by atoms with Gasteiger partial charge in [0.05, 0.1) is 6.04 Å². The van der Waals surface area contributed by atoms with Crippen molar-refractivity contribution in [2.24, 2.45) is 5.84 Å². The lowest BCUT2D eigenvalue weighted by atomic mass is 9.95. The summed E-state index contributed by atoms with van der Waals surface area (Å²) in [5.41, 5.74) is 11.7. The molecule has 0 saturated heterocycles. The molecule has 0 radical (unpaired) electrons. The molecule has 0 saturated carbocycles. The van der Waals surface area contributed by atoms with Gasteiger partial charge in [0.1, 0.15) is 0 Å². The molecular formula is C17H16BrN3. The maximum atomic E-state index is 6.10. The third kappa shape index (κ3) is 2.78. The van der Waals surface area contributed by atoms with E-state index in [2.05, 4.69) is 51.7 Å². The van der Waals surface area contributed by atoms with Crippen LogP contribution in [-0.2, 0) is 0 Å². The fraction of sp³-hybridized carbons (Fsp3) is 0.0588. The van der Waals surface area contributed by atoms with Crippen LogP contribution in [0, 0.1) is 0 Å². The largest absolute Gasteiger partial charge is 0.398 e. The molecule has 0 spiro atoms. The summed E-state index contributed by atoms with van der Waals surface area (Å²) in [7, 11) is 0. The van der Waals surface area contributed by atoms with E-state index in [0.29, 0.717) is 5.69 Å². The van der Waals surface area contributed by atoms with E-state index in [9.17, 15) is 0 Å². The van der Waals surface area contributed by atoms with Crippen molar-refractivity contribution in [3.8, 4) is 0 Å². The molecule has 3 aromatic rings. The number of hydrazine groups is 1. The SMILES string of the molecule is NNC(c1ccc2ccccc2c1)c1cc(Br)ccc1N. The van der Waals surface area contributed by atoms with Gasteiger partial charge in [-0.3, -0.25) is 5.84 Å². The number of nitrogens with two attached hydrogens (primary N) is 2. The molecule has 0 fully saturated rings. The number of nitrogen functional groups attached to an aromatic ring is 1. The first kappa shape index (κ1) is 14.1. The zero-order chi connectivity index (χ0) is 14.8. The van der Waals surface area contributed by atoms with Gasteiger partial charge in [-0.15, -0.1) is 0 Å². The average molecular weight is 342 g/mol. The molecule has 0 aromatic heterocycles. The van der Waals surface area contributed by atoms with E-state index < -0.39 is 0 Å². The number of nitrogens with one attached hydrogen (secondary N) is 1. The summed E-state index contributed by atoms with van der Waals surface area (Å²) in [4.78, 5) is 0. The van der Waals surface area contributed by atoms with Crippen LogP contribution < -0.4 is 17.0 Å². The molecule has 3 rings (SSSR count). The van der Waals surface area contributed by atoms with Crippen LogP contribution in [0.3, 0.4) is 0 Å². The number of fused-ring (bicyclic) bond motifs is 1. The van der Waals surface area contributed by atoms with Crippen LogP contribution in [0.4, 0.5) is 5.69 Å². The molecule has 0 aliphatic rings. The Labute approximate surface area is 132 Å². The quantitative estimate of drug-likeness (QED) is 0.386. The molecule has 0 bridgehead atoms. The smallest absolute Gasteiger partial charge is 0.0730 e. The minimum atomic E-state index is -0.146. The highest BCUT2D eigenvalue weighted by Crippen LogP contribution is 2.30. The maximum absolute atomic E-state index is 6.10. The molecule has 0 aliphatic heterocycles. The Morgan fingerprint density at radius 1 is 0.905 bits per heavy atom. The summed E-state index contributed by atoms with van der Waals surface area (Å²) in [6, 6.07) is 20.2. The predicted octanol–water partition coefficient (Wildman–Crippen LogP) is 3.74. The molecule has 0 amide bonds. The number of rotatable bonds is 3. The number of halogens is 1. The predicted molar refractivity (Wildman–Crippen MR) is 91.7 cm³/mol. The molecule has 3 nitrogen and oxygen atoms in total. The Hall–Kier alpha value is -1.88. The second-order valence-electron chi connectivity index (χ2n) is 4.98. The molecule has 1 unspecified atom stereocenters. The Kier molecular flexibility index (Phi) is 3.92. The van der Waals surface area contributed by atoms with Crippen molar-refractivity contribution in [2.45, 2.75) is 6.04 Å². The molecule has 3 aromatic carbocycles. The van der Waals surface area contributed by atoms with Crippen LogP contribution in [0.5, 0.6) is 0 Å². The van der Waals surface area contributed by atoms with Gasteiger partial charge in [0.2, 0.25) is 0 Å². The van der Waals surface area contributed by atoms with Gasteiger partial charge in [0.25, 0.3) is 0 Å². The monoisotopic (exact) mass is 341 g/mol. The van der Waals surface area contributed by atoms with Crippen molar-refractivity contribution < 1.29 is 0 Å². The van der Waals surface area contributed by atoms with Gasteiger partial charge < -0.3 is 5.73 Å². The van der Waals surface area contributed by atoms with Crippen molar-refractivity contribution in [3.05, 3.63) is 76.3 Å². The minimum absolute atomic E-state index is 0.146. The average Bonchev–Trinajstić information content (AvgIpc) is 2.51. The van der Waals surface area contributed by atoms with Gasteiger partial charge in [-0.25, -0.2) is 5.43 Å². The summed E-state index contributed by atoms with van der Waals surface area (Å²) in [6.07, 6.45) is 0. The zero-order valence-corrected chi connectivity index (χ0v) is 13.0. The summed E-state index contributed by atoms with van der Waals surface area (Å²) in [5, 5.41) is 2.39. The Bertz CT molecular complexity index is 786. The van der Waals surface area contributed by atoms with E-state index in [-0.39, 0.29) is 6.04 Å². The number of hydrogen-bond acceptors (Lipinski definition) is 3. The standard InChI is InChI=1S/C17H16BrN3/c18-14-7-8-16(19)15(10-14)17(21-20)13-6-5-11-3-1-2-4-12(11)9-13/h1-10,17,21H,19-20H2. The molecule has 106 valence electrons. The van der Waals surface area contributed by atoms with Crippen LogP contribution in [0.15, 0.2) is 65.1 Å². The summed E-state index contributed by atoms with van der Waals surface area (Å²) >= 11 is 3.48. The lowest BCUT2D eigenvalue weighted by Gasteiger charge is -2.19. The van der Waals surface area contributed by atoms with Crippen LogP contribution in [0.2, 0.25) is 0 Å². The highest BCUT2D eigenvalue weighted by molar-refractivity contribution is 9.10. The normalized spacial score (nSPS) is 12.5. The van der Waals surface area contributed by atoms with Crippen LogP contribution in [0.1, 0.15) is 17.2 Å². The van der Waals surface area contributed by atoms with E-state index in [1.54, 1.807) is 0 Å². The molecule has 1 atom stereocenters. The third-order valence-corrected chi connectivity index (χ3v) is 4.13. The van der Waals surface area contributed by atoms with Crippen molar-refractivity contribution >= 4 is 32.4 Å². The lowest BCUT2D eigenvalue weighted by molar-refractivity contribution is 0.639. The van der Waals surface area contributed by atoms with E-state index >= 15 is 0 Å².